The minimum atomic E-state index is -0.647. The Kier molecular flexibility index (Phi) is 7.87. The Bertz CT molecular complexity index is 1240. The lowest BCUT2D eigenvalue weighted by atomic mass is 10.1. The van der Waals surface area contributed by atoms with Gasteiger partial charge >= 0.3 is 0 Å². The third-order valence-corrected chi connectivity index (χ3v) is 5.36. The summed E-state index contributed by atoms with van der Waals surface area (Å²) in [4.78, 5) is 25.5. The number of benzene rings is 3. The van der Waals surface area contributed by atoms with Gasteiger partial charge in [-0.15, -0.1) is 0 Å². The molecule has 0 bridgehead atoms. The zero-order chi connectivity index (χ0) is 24.0. The lowest BCUT2D eigenvalue weighted by Crippen LogP contribution is -2.33. The molecule has 0 spiro atoms. The van der Waals surface area contributed by atoms with E-state index in [1.807, 2.05) is 0 Å². The van der Waals surface area contributed by atoms with Gasteiger partial charge in [-0.25, -0.2) is 5.43 Å². The van der Waals surface area contributed by atoms with Crippen molar-refractivity contribution in [1.29, 1.82) is 0 Å². The first-order chi connectivity index (χ1) is 15.7. The van der Waals surface area contributed by atoms with Gasteiger partial charge in [0.1, 0.15) is 11.4 Å². The molecule has 0 aromatic heterocycles. The van der Waals surface area contributed by atoms with Crippen LogP contribution in [0.1, 0.15) is 34.0 Å². The molecule has 0 saturated heterocycles. The first-order valence-electron chi connectivity index (χ1n) is 9.92. The topological polar surface area (TPSA) is 90.8 Å². The van der Waals surface area contributed by atoms with Crippen molar-refractivity contribution in [2.24, 2.45) is 5.10 Å². The molecular weight excluding hydrogens is 461 g/mol. The molecule has 3 aromatic carbocycles. The fraction of sp³-hybridized carbons (Fsp3) is 0.0800. The quantitative estimate of drug-likeness (QED) is 0.252. The Hall–Kier alpha value is -3.61. The third-order valence-electron chi connectivity index (χ3n) is 4.70. The molecule has 0 aliphatic heterocycles. The summed E-state index contributed by atoms with van der Waals surface area (Å²) < 4.78 is 0. The maximum absolute atomic E-state index is 12.9. The molecule has 3 aromatic rings. The van der Waals surface area contributed by atoms with Gasteiger partial charge in [-0.3, -0.25) is 9.59 Å². The third kappa shape index (κ3) is 6.44. The highest BCUT2D eigenvalue weighted by Crippen LogP contribution is 2.26. The molecular formula is C25H21Cl2N3O3. The van der Waals surface area contributed by atoms with Gasteiger partial charge in [0.15, 0.2) is 0 Å². The van der Waals surface area contributed by atoms with Crippen LogP contribution >= 0.6 is 23.2 Å². The number of carbonyl (C=O) groups excluding carboxylic acids is 2. The number of hydrogen-bond donors (Lipinski definition) is 3. The summed E-state index contributed by atoms with van der Waals surface area (Å²) in [5.74, 6) is -1.11. The van der Waals surface area contributed by atoms with E-state index >= 15 is 0 Å². The standard InChI is InChI=1S/C25H21Cl2N3O3/c1-15-12-23(31)20(14-21(15)27)16(2)29-30-25(33)22(13-17-8-10-19(26)11-9-17)28-24(32)18-6-4-3-5-7-18/h3-14,31H,1-2H3,(H,28,32)(H,30,33)/b22-13?,29-16+. The van der Waals surface area contributed by atoms with Crippen LogP contribution in [0.3, 0.4) is 0 Å². The normalized spacial score (nSPS) is 11.8. The molecule has 8 heteroatoms. The number of phenolic OH excluding ortho intramolecular Hbond substituents is 1. The zero-order valence-corrected chi connectivity index (χ0v) is 19.4. The number of rotatable bonds is 6. The van der Waals surface area contributed by atoms with E-state index in [2.05, 4.69) is 15.8 Å². The van der Waals surface area contributed by atoms with E-state index < -0.39 is 11.8 Å². The van der Waals surface area contributed by atoms with Gasteiger partial charge in [-0.1, -0.05) is 53.5 Å². The van der Waals surface area contributed by atoms with Crippen molar-refractivity contribution in [2.75, 3.05) is 0 Å². The molecule has 0 heterocycles. The SMILES string of the molecule is C/C(=N\NC(=O)C(=Cc1ccc(Cl)cc1)NC(=O)c1ccccc1)c1cc(Cl)c(C)cc1O. The number of hydrazone groups is 1. The summed E-state index contributed by atoms with van der Waals surface area (Å²) in [6.07, 6.45) is 1.51. The molecule has 0 atom stereocenters. The molecule has 33 heavy (non-hydrogen) atoms. The van der Waals surface area contributed by atoms with Gasteiger partial charge in [0.25, 0.3) is 11.8 Å². The van der Waals surface area contributed by atoms with Gasteiger partial charge in [0, 0.05) is 21.2 Å². The van der Waals surface area contributed by atoms with E-state index in [9.17, 15) is 14.7 Å². The first kappa shape index (κ1) is 24.0. The Morgan fingerprint density at radius 2 is 1.67 bits per heavy atom. The van der Waals surface area contributed by atoms with Crippen molar-refractivity contribution >= 4 is 46.8 Å². The first-order valence-corrected chi connectivity index (χ1v) is 10.7. The van der Waals surface area contributed by atoms with E-state index in [4.69, 9.17) is 23.2 Å². The lowest BCUT2D eigenvalue weighted by molar-refractivity contribution is -0.117. The van der Waals surface area contributed by atoms with Crippen LogP contribution in [0.5, 0.6) is 5.75 Å². The molecule has 3 rings (SSSR count). The monoisotopic (exact) mass is 481 g/mol. The van der Waals surface area contributed by atoms with E-state index in [1.165, 1.54) is 12.1 Å². The summed E-state index contributed by atoms with van der Waals surface area (Å²) in [5, 5.41) is 17.9. The molecule has 168 valence electrons. The zero-order valence-electron chi connectivity index (χ0n) is 17.9. The highest BCUT2D eigenvalue weighted by Gasteiger charge is 2.15. The number of aryl methyl sites for hydroxylation is 1. The van der Waals surface area contributed by atoms with Crippen LogP contribution in [0, 0.1) is 6.92 Å². The predicted octanol–water partition coefficient (Wildman–Crippen LogP) is 5.32. The van der Waals surface area contributed by atoms with Crippen molar-refractivity contribution in [2.45, 2.75) is 13.8 Å². The second-order valence-corrected chi connectivity index (χ2v) is 8.03. The molecule has 0 aliphatic carbocycles. The molecule has 0 unspecified atom stereocenters. The van der Waals surface area contributed by atoms with Crippen molar-refractivity contribution in [1.82, 2.24) is 10.7 Å². The summed E-state index contributed by atoms with van der Waals surface area (Å²) >= 11 is 12.1. The van der Waals surface area contributed by atoms with Crippen LogP contribution in [0.25, 0.3) is 6.08 Å². The van der Waals surface area contributed by atoms with Gasteiger partial charge < -0.3 is 10.4 Å². The van der Waals surface area contributed by atoms with E-state index in [1.54, 1.807) is 74.5 Å². The molecule has 0 aliphatic rings. The Morgan fingerprint density at radius 3 is 2.33 bits per heavy atom. The number of amides is 2. The molecule has 2 amide bonds. The van der Waals surface area contributed by atoms with Crippen LogP contribution in [0.4, 0.5) is 0 Å². The van der Waals surface area contributed by atoms with Gasteiger partial charge in [0.2, 0.25) is 0 Å². The van der Waals surface area contributed by atoms with Crippen molar-refractivity contribution in [3.63, 3.8) is 0 Å². The van der Waals surface area contributed by atoms with Gasteiger partial charge in [-0.2, -0.15) is 5.10 Å². The Labute approximate surface area is 201 Å². The Balaban J connectivity index is 1.87. The number of aromatic hydroxyl groups is 1. The number of hydrogen-bond acceptors (Lipinski definition) is 4. The van der Waals surface area contributed by atoms with E-state index in [0.29, 0.717) is 38.0 Å². The minimum Gasteiger partial charge on any atom is -0.507 e. The number of carbonyl (C=O) groups is 2. The Morgan fingerprint density at radius 1 is 1.00 bits per heavy atom. The average Bonchev–Trinajstić information content (AvgIpc) is 2.81. The summed E-state index contributed by atoms with van der Waals surface area (Å²) in [7, 11) is 0. The molecule has 6 nitrogen and oxygen atoms in total. The summed E-state index contributed by atoms with van der Waals surface area (Å²) in [6.45, 7) is 3.38. The second-order valence-electron chi connectivity index (χ2n) is 7.19. The fourth-order valence-corrected chi connectivity index (χ4v) is 3.17. The van der Waals surface area contributed by atoms with Crippen LogP contribution in [0.2, 0.25) is 10.0 Å². The van der Waals surface area contributed by atoms with Crippen molar-refractivity contribution in [3.05, 3.63) is 105 Å². The van der Waals surface area contributed by atoms with E-state index in [0.717, 1.165) is 0 Å². The van der Waals surface area contributed by atoms with Crippen LogP contribution < -0.4 is 10.7 Å². The average molecular weight is 482 g/mol. The van der Waals surface area contributed by atoms with Gasteiger partial charge in [0.05, 0.1) is 5.71 Å². The van der Waals surface area contributed by atoms with E-state index in [-0.39, 0.29) is 11.4 Å². The maximum Gasteiger partial charge on any atom is 0.287 e. The highest BCUT2D eigenvalue weighted by atomic mass is 35.5. The molecule has 0 saturated carbocycles. The largest absolute Gasteiger partial charge is 0.507 e. The number of phenols is 1. The molecule has 0 fully saturated rings. The van der Waals surface area contributed by atoms with Crippen LogP contribution in [0.15, 0.2) is 77.5 Å². The number of halogens is 2. The smallest absolute Gasteiger partial charge is 0.287 e. The van der Waals surface area contributed by atoms with Crippen LogP contribution in [-0.4, -0.2) is 22.6 Å². The van der Waals surface area contributed by atoms with Crippen molar-refractivity contribution < 1.29 is 14.7 Å². The minimum absolute atomic E-state index is 0.0123. The maximum atomic E-state index is 12.9. The van der Waals surface area contributed by atoms with Crippen molar-refractivity contribution in [3.8, 4) is 5.75 Å². The molecule has 3 N–H and O–H groups in total. The number of nitrogens with zero attached hydrogens (tertiary/aromatic N) is 1. The lowest BCUT2D eigenvalue weighted by Gasteiger charge is -2.11. The highest BCUT2D eigenvalue weighted by molar-refractivity contribution is 6.32. The van der Waals surface area contributed by atoms with Gasteiger partial charge in [-0.05, 0) is 67.4 Å². The second kappa shape index (κ2) is 10.8. The number of nitrogens with one attached hydrogen (secondary N) is 2. The summed E-state index contributed by atoms with van der Waals surface area (Å²) in [5.41, 5.74) is 4.87. The predicted molar refractivity (Wildman–Crippen MR) is 132 cm³/mol. The fourth-order valence-electron chi connectivity index (χ4n) is 2.88. The summed E-state index contributed by atoms with van der Waals surface area (Å²) in [6, 6.07) is 18.4. The molecule has 0 radical (unpaired) electrons. The van der Waals surface area contributed by atoms with Crippen LogP contribution in [-0.2, 0) is 4.79 Å².